The highest BCUT2D eigenvalue weighted by molar-refractivity contribution is 5.75. The zero-order valence-electron chi connectivity index (χ0n) is 17.6. The summed E-state index contributed by atoms with van der Waals surface area (Å²) in [5.74, 6) is 0.917. The normalized spacial score (nSPS) is 44.4. The first-order valence-electron chi connectivity index (χ1n) is 10.8. The van der Waals surface area contributed by atoms with Crippen LogP contribution in [0.2, 0.25) is 0 Å². The van der Waals surface area contributed by atoms with E-state index >= 15 is 0 Å². The quantitative estimate of drug-likeness (QED) is 0.503. The van der Waals surface area contributed by atoms with Crippen LogP contribution in [0.1, 0.15) is 72.6 Å². The van der Waals surface area contributed by atoms with Gasteiger partial charge in [-0.2, -0.15) is 0 Å². The van der Waals surface area contributed by atoms with Crippen LogP contribution in [0.5, 0.6) is 0 Å². The Morgan fingerprint density at radius 3 is 2.46 bits per heavy atom. The molecule has 0 bridgehead atoms. The van der Waals surface area contributed by atoms with Crippen LogP contribution in [-0.2, 0) is 9.59 Å². The van der Waals surface area contributed by atoms with Crippen molar-refractivity contribution >= 4 is 11.8 Å². The van der Waals surface area contributed by atoms with Crippen molar-refractivity contribution in [3.8, 4) is 0 Å². The Balaban J connectivity index is 1.81. The van der Waals surface area contributed by atoms with E-state index in [9.17, 15) is 14.7 Å². The molecular formula is C23H34N2O3. The summed E-state index contributed by atoms with van der Waals surface area (Å²) in [6, 6.07) is 0. The molecule has 5 nitrogen and oxygen atoms in total. The summed E-state index contributed by atoms with van der Waals surface area (Å²) in [6.07, 6.45) is 11.2. The lowest BCUT2D eigenvalue weighted by Gasteiger charge is -2.57. The molecule has 3 N–H and O–H groups in total. The van der Waals surface area contributed by atoms with Crippen molar-refractivity contribution in [2.24, 2.45) is 28.6 Å². The van der Waals surface area contributed by atoms with E-state index in [4.69, 9.17) is 0 Å². The highest BCUT2D eigenvalue weighted by atomic mass is 16.3. The van der Waals surface area contributed by atoms with Crippen molar-refractivity contribution in [3.05, 3.63) is 23.4 Å². The highest BCUT2D eigenvalue weighted by Gasteiger charge is 2.63. The Labute approximate surface area is 168 Å². The van der Waals surface area contributed by atoms with Crippen LogP contribution in [0.3, 0.4) is 0 Å². The van der Waals surface area contributed by atoms with Gasteiger partial charge in [0, 0.05) is 25.0 Å². The molecule has 0 radical (unpaired) electrons. The number of carbonyl (C=O) groups excluding carboxylic acids is 2. The van der Waals surface area contributed by atoms with Crippen molar-refractivity contribution in [3.63, 3.8) is 0 Å². The maximum atomic E-state index is 12.0. The van der Waals surface area contributed by atoms with Crippen LogP contribution in [0, 0.1) is 28.6 Å². The first-order chi connectivity index (χ1) is 13.1. The van der Waals surface area contributed by atoms with Gasteiger partial charge in [-0.15, -0.1) is 0 Å². The standard InChI is InChI=1S/C23H34N2O3/c1-14(26)24-19-13-16-7-5-6-10-21(16,3)17-8-11-22(4)18(20(17)19)9-12-23(22,28)25-15(2)27/h6,10,16-18,28H,5,7-9,11-13H2,1-4H3,(H,24,26)(H,25,27)/t16?,17-,18+,21+,22+,23?/m1/s1. The van der Waals surface area contributed by atoms with E-state index in [1.165, 1.54) is 12.5 Å². The SMILES string of the molecule is CC(=O)NC1=C2[C@@H](CC[C@@]3(C)[C@H]2CCC3(O)NC(C)=O)[C@@]2(C)C=CCCC2C1. The fourth-order valence-electron chi connectivity index (χ4n) is 7.04. The molecule has 4 rings (SSSR count). The summed E-state index contributed by atoms with van der Waals surface area (Å²) in [5, 5.41) is 17.5. The number of carbonyl (C=O) groups is 2. The third-order valence-corrected chi connectivity index (χ3v) is 8.51. The number of rotatable bonds is 2. The van der Waals surface area contributed by atoms with E-state index in [2.05, 4.69) is 36.6 Å². The van der Waals surface area contributed by atoms with E-state index in [1.807, 2.05) is 0 Å². The fourth-order valence-corrected chi connectivity index (χ4v) is 7.04. The molecule has 28 heavy (non-hydrogen) atoms. The summed E-state index contributed by atoms with van der Waals surface area (Å²) in [6.45, 7) is 7.57. The fraction of sp³-hybridized carbons (Fsp3) is 0.739. The summed E-state index contributed by atoms with van der Waals surface area (Å²) in [7, 11) is 0. The van der Waals surface area contributed by atoms with Gasteiger partial charge in [-0.05, 0) is 73.7 Å². The van der Waals surface area contributed by atoms with E-state index in [0.29, 0.717) is 18.3 Å². The van der Waals surface area contributed by atoms with Gasteiger partial charge in [0.25, 0.3) is 0 Å². The first kappa shape index (κ1) is 19.7. The molecule has 4 aliphatic carbocycles. The number of amides is 2. The molecule has 0 saturated heterocycles. The van der Waals surface area contributed by atoms with Gasteiger partial charge in [-0.3, -0.25) is 9.59 Å². The molecule has 2 amide bonds. The van der Waals surface area contributed by atoms with Gasteiger partial charge in [-0.25, -0.2) is 0 Å². The molecule has 0 aromatic heterocycles. The van der Waals surface area contributed by atoms with Crippen LogP contribution in [0.25, 0.3) is 0 Å². The predicted molar refractivity (Wildman–Crippen MR) is 108 cm³/mol. The molecular weight excluding hydrogens is 352 g/mol. The molecule has 2 unspecified atom stereocenters. The maximum Gasteiger partial charge on any atom is 0.220 e. The second kappa shape index (κ2) is 6.45. The molecule has 154 valence electrons. The highest BCUT2D eigenvalue weighted by Crippen LogP contribution is 2.66. The Morgan fingerprint density at radius 2 is 1.79 bits per heavy atom. The third-order valence-electron chi connectivity index (χ3n) is 8.51. The van der Waals surface area contributed by atoms with Crippen molar-refractivity contribution in [2.45, 2.75) is 78.4 Å². The second-order valence-corrected chi connectivity index (χ2v) is 10.0. The lowest BCUT2D eigenvalue weighted by Crippen LogP contribution is -2.60. The van der Waals surface area contributed by atoms with Crippen LogP contribution >= 0.6 is 0 Å². The minimum absolute atomic E-state index is 0.0152. The monoisotopic (exact) mass is 386 g/mol. The van der Waals surface area contributed by atoms with E-state index in [0.717, 1.165) is 44.2 Å². The van der Waals surface area contributed by atoms with E-state index < -0.39 is 11.1 Å². The summed E-state index contributed by atoms with van der Waals surface area (Å²) < 4.78 is 0. The van der Waals surface area contributed by atoms with Gasteiger partial charge in [0.15, 0.2) is 0 Å². The maximum absolute atomic E-state index is 12.0. The summed E-state index contributed by atoms with van der Waals surface area (Å²) in [4.78, 5) is 23.8. The van der Waals surface area contributed by atoms with Crippen molar-refractivity contribution < 1.29 is 14.7 Å². The zero-order valence-corrected chi connectivity index (χ0v) is 17.6. The molecule has 2 saturated carbocycles. The lowest BCUT2D eigenvalue weighted by atomic mass is 9.49. The van der Waals surface area contributed by atoms with E-state index in [1.54, 1.807) is 6.92 Å². The number of fused-ring (bicyclic) bond motifs is 5. The zero-order chi connectivity index (χ0) is 20.3. The Morgan fingerprint density at radius 1 is 1.07 bits per heavy atom. The average Bonchev–Trinajstić information content (AvgIpc) is 2.85. The molecule has 6 atom stereocenters. The van der Waals surface area contributed by atoms with Gasteiger partial charge in [0.2, 0.25) is 11.8 Å². The van der Waals surface area contributed by atoms with Crippen LogP contribution < -0.4 is 10.6 Å². The van der Waals surface area contributed by atoms with Crippen LogP contribution in [0.15, 0.2) is 23.4 Å². The topological polar surface area (TPSA) is 78.4 Å². The largest absolute Gasteiger partial charge is 0.370 e. The molecule has 4 aliphatic rings. The average molecular weight is 387 g/mol. The molecule has 0 spiro atoms. The van der Waals surface area contributed by atoms with Crippen molar-refractivity contribution in [1.82, 2.24) is 10.6 Å². The van der Waals surface area contributed by atoms with Crippen molar-refractivity contribution in [1.29, 1.82) is 0 Å². The number of hydrogen-bond acceptors (Lipinski definition) is 3. The van der Waals surface area contributed by atoms with Gasteiger partial charge in [0.1, 0.15) is 5.72 Å². The number of allylic oxidation sites excluding steroid dienone is 4. The number of hydrogen-bond donors (Lipinski definition) is 3. The van der Waals surface area contributed by atoms with Crippen LogP contribution in [0.4, 0.5) is 0 Å². The van der Waals surface area contributed by atoms with Crippen LogP contribution in [-0.4, -0.2) is 22.6 Å². The number of nitrogens with one attached hydrogen (secondary N) is 2. The smallest absolute Gasteiger partial charge is 0.220 e. The predicted octanol–water partition coefficient (Wildman–Crippen LogP) is 3.40. The molecule has 0 aromatic carbocycles. The summed E-state index contributed by atoms with van der Waals surface area (Å²) in [5.41, 5.74) is 0.971. The second-order valence-electron chi connectivity index (χ2n) is 10.0. The molecule has 0 aliphatic heterocycles. The Hall–Kier alpha value is -1.62. The molecule has 0 heterocycles. The van der Waals surface area contributed by atoms with E-state index in [-0.39, 0.29) is 23.1 Å². The summed E-state index contributed by atoms with van der Waals surface area (Å²) >= 11 is 0. The van der Waals surface area contributed by atoms with Gasteiger partial charge in [0.05, 0.1) is 0 Å². The minimum Gasteiger partial charge on any atom is -0.370 e. The lowest BCUT2D eigenvalue weighted by molar-refractivity contribution is -0.142. The van der Waals surface area contributed by atoms with Gasteiger partial charge < -0.3 is 15.7 Å². The molecule has 2 fully saturated rings. The Bertz CT molecular complexity index is 772. The van der Waals surface area contributed by atoms with Gasteiger partial charge in [-0.1, -0.05) is 26.0 Å². The minimum atomic E-state index is -1.18. The van der Waals surface area contributed by atoms with Crippen molar-refractivity contribution in [2.75, 3.05) is 0 Å². The number of aliphatic hydroxyl groups is 1. The molecule has 5 heteroatoms. The first-order valence-corrected chi connectivity index (χ1v) is 10.8. The third kappa shape index (κ3) is 2.69. The molecule has 0 aromatic rings. The van der Waals surface area contributed by atoms with Gasteiger partial charge >= 0.3 is 0 Å². The Kier molecular flexibility index (Phi) is 4.53.